The van der Waals surface area contributed by atoms with Gasteiger partial charge in [-0.25, -0.2) is 8.42 Å². The zero-order chi connectivity index (χ0) is 19.0. The van der Waals surface area contributed by atoms with E-state index in [9.17, 15) is 8.42 Å². The number of ether oxygens (including phenoxy) is 2. The maximum absolute atomic E-state index is 13.0. The van der Waals surface area contributed by atoms with Crippen molar-refractivity contribution >= 4 is 10.0 Å². The average molecular weight is 391 g/mol. The fourth-order valence-corrected chi connectivity index (χ4v) is 5.26. The van der Waals surface area contributed by atoms with Gasteiger partial charge < -0.3 is 9.47 Å². The highest BCUT2D eigenvalue weighted by Crippen LogP contribution is 2.34. The van der Waals surface area contributed by atoms with Crippen LogP contribution in [0.2, 0.25) is 0 Å². The van der Waals surface area contributed by atoms with E-state index in [0.29, 0.717) is 43.7 Å². The van der Waals surface area contributed by atoms with Crippen LogP contribution in [0, 0.1) is 19.8 Å². The molecule has 1 aromatic heterocycles. The first-order valence-corrected chi connectivity index (χ1v) is 10.8. The number of fused-ring (bicyclic) bond motifs is 1. The fraction of sp³-hybridized carbons (Fsp3) is 0.526. The Balaban J connectivity index is 1.43. The molecule has 0 N–H and O–H groups in total. The SMILES string of the molecule is Cc1cc(C)n(CC2CCN(S(=O)(=O)c3ccc4c(c3)OCCO4)CC2)n1. The summed E-state index contributed by atoms with van der Waals surface area (Å²) in [6.45, 7) is 6.88. The van der Waals surface area contributed by atoms with Crippen LogP contribution >= 0.6 is 0 Å². The van der Waals surface area contributed by atoms with Crippen LogP contribution in [-0.2, 0) is 16.6 Å². The van der Waals surface area contributed by atoms with Gasteiger partial charge in [0.05, 0.1) is 10.6 Å². The van der Waals surface area contributed by atoms with Gasteiger partial charge in [-0.1, -0.05) is 0 Å². The quantitative estimate of drug-likeness (QED) is 0.800. The highest BCUT2D eigenvalue weighted by molar-refractivity contribution is 7.89. The van der Waals surface area contributed by atoms with Crippen LogP contribution in [0.3, 0.4) is 0 Å². The van der Waals surface area contributed by atoms with E-state index < -0.39 is 10.0 Å². The standard InChI is InChI=1S/C19H25N3O4S/c1-14-11-15(2)22(20-14)13-16-5-7-21(8-6-16)27(23,24)17-3-4-18-19(12-17)26-10-9-25-18/h3-4,11-12,16H,5-10,13H2,1-2H3. The summed E-state index contributed by atoms with van der Waals surface area (Å²) in [5.74, 6) is 1.54. The Labute approximate surface area is 159 Å². The molecule has 2 aromatic rings. The smallest absolute Gasteiger partial charge is 0.243 e. The number of rotatable bonds is 4. The molecule has 0 aliphatic carbocycles. The minimum Gasteiger partial charge on any atom is -0.486 e. The molecule has 0 atom stereocenters. The number of aromatic nitrogens is 2. The molecule has 7 nitrogen and oxygen atoms in total. The van der Waals surface area contributed by atoms with Gasteiger partial charge in [-0.05, 0) is 50.8 Å². The van der Waals surface area contributed by atoms with Crippen molar-refractivity contribution in [2.75, 3.05) is 26.3 Å². The summed E-state index contributed by atoms with van der Waals surface area (Å²) in [6.07, 6.45) is 1.67. The first-order valence-electron chi connectivity index (χ1n) is 9.34. The lowest BCUT2D eigenvalue weighted by Crippen LogP contribution is -2.39. The lowest BCUT2D eigenvalue weighted by atomic mass is 9.98. The Morgan fingerprint density at radius 3 is 2.44 bits per heavy atom. The fourth-order valence-electron chi connectivity index (χ4n) is 3.77. The van der Waals surface area contributed by atoms with Gasteiger partial charge in [-0.2, -0.15) is 9.40 Å². The molecule has 3 heterocycles. The molecule has 0 unspecified atom stereocenters. The van der Waals surface area contributed by atoms with E-state index in [1.807, 2.05) is 11.6 Å². The molecule has 1 saturated heterocycles. The van der Waals surface area contributed by atoms with E-state index in [1.54, 1.807) is 22.5 Å². The third-order valence-corrected chi connectivity index (χ3v) is 7.15. The van der Waals surface area contributed by atoms with Crippen molar-refractivity contribution in [3.05, 3.63) is 35.7 Å². The maximum Gasteiger partial charge on any atom is 0.243 e. The Kier molecular flexibility index (Phi) is 4.86. The van der Waals surface area contributed by atoms with Crippen LogP contribution in [0.5, 0.6) is 11.5 Å². The molecule has 1 fully saturated rings. The second-order valence-corrected chi connectivity index (χ2v) is 9.20. The van der Waals surface area contributed by atoms with Crippen molar-refractivity contribution in [3.63, 3.8) is 0 Å². The third kappa shape index (κ3) is 3.68. The van der Waals surface area contributed by atoms with Gasteiger partial charge in [-0.3, -0.25) is 4.68 Å². The molecule has 0 spiro atoms. The summed E-state index contributed by atoms with van der Waals surface area (Å²) >= 11 is 0. The molecule has 1 aromatic carbocycles. The molecule has 4 rings (SSSR count). The van der Waals surface area contributed by atoms with Crippen molar-refractivity contribution in [1.82, 2.24) is 14.1 Å². The first kappa shape index (κ1) is 18.3. The zero-order valence-electron chi connectivity index (χ0n) is 15.7. The van der Waals surface area contributed by atoms with Crippen molar-refractivity contribution < 1.29 is 17.9 Å². The van der Waals surface area contributed by atoms with E-state index in [2.05, 4.69) is 18.1 Å². The second kappa shape index (κ2) is 7.16. The summed E-state index contributed by atoms with van der Waals surface area (Å²) in [5.41, 5.74) is 2.17. The number of nitrogens with zero attached hydrogens (tertiary/aromatic N) is 3. The molecule has 0 saturated carbocycles. The van der Waals surface area contributed by atoms with Gasteiger partial charge in [0.1, 0.15) is 13.2 Å². The number of hydrogen-bond acceptors (Lipinski definition) is 5. The molecular formula is C19H25N3O4S. The Hall–Kier alpha value is -2.06. The van der Waals surface area contributed by atoms with Crippen molar-refractivity contribution in [1.29, 1.82) is 0 Å². The van der Waals surface area contributed by atoms with Crippen LogP contribution in [0.1, 0.15) is 24.2 Å². The number of aryl methyl sites for hydroxylation is 2. The van der Waals surface area contributed by atoms with E-state index >= 15 is 0 Å². The minimum absolute atomic E-state index is 0.267. The Morgan fingerprint density at radius 1 is 1.07 bits per heavy atom. The number of sulfonamides is 1. The summed E-state index contributed by atoms with van der Waals surface area (Å²) in [4.78, 5) is 0.267. The predicted molar refractivity (Wildman–Crippen MR) is 101 cm³/mol. The van der Waals surface area contributed by atoms with Crippen LogP contribution in [0.25, 0.3) is 0 Å². The summed E-state index contributed by atoms with van der Waals surface area (Å²) in [7, 11) is -3.52. The highest BCUT2D eigenvalue weighted by atomic mass is 32.2. The lowest BCUT2D eigenvalue weighted by molar-refractivity contribution is 0.171. The molecule has 0 radical (unpaired) electrons. The molecule has 2 aliphatic heterocycles. The van der Waals surface area contributed by atoms with E-state index in [0.717, 1.165) is 30.8 Å². The number of benzene rings is 1. The molecule has 27 heavy (non-hydrogen) atoms. The van der Waals surface area contributed by atoms with Gasteiger partial charge in [0, 0.05) is 31.4 Å². The maximum atomic E-state index is 13.0. The topological polar surface area (TPSA) is 73.7 Å². The molecule has 8 heteroatoms. The largest absolute Gasteiger partial charge is 0.486 e. The van der Waals surface area contributed by atoms with Crippen molar-refractivity contribution in [2.45, 2.75) is 38.1 Å². The Bertz CT molecular complexity index is 930. The van der Waals surface area contributed by atoms with Gasteiger partial charge in [-0.15, -0.1) is 0 Å². The van der Waals surface area contributed by atoms with Crippen LogP contribution < -0.4 is 9.47 Å². The second-order valence-electron chi connectivity index (χ2n) is 7.26. The molecule has 2 aliphatic rings. The third-order valence-electron chi connectivity index (χ3n) is 5.26. The number of piperidine rings is 1. The zero-order valence-corrected chi connectivity index (χ0v) is 16.5. The molecule has 146 valence electrons. The average Bonchev–Trinajstić information content (AvgIpc) is 2.98. The minimum atomic E-state index is -3.52. The van der Waals surface area contributed by atoms with E-state index in [1.165, 1.54) is 0 Å². The Morgan fingerprint density at radius 2 is 1.78 bits per heavy atom. The van der Waals surface area contributed by atoms with E-state index in [-0.39, 0.29) is 4.90 Å². The summed E-state index contributed by atoms with van der Waals surface area (Å²) < 4.78 is 40.6. The molecule has 0 bridgehead atoms. The molecule has 0 amide bonds. The van der Waals surface area contributed by atoms with Crippen molar-refractivity contribution in [3.8, 4) is 11.5 Å². The monoisotopic (exact) mass is 391 g/mol. The first-order chi connectivity index (χ1) is 12.9. The predicted octanol–water partition coefficient (Wildman–Crippen LogP) is 2.37. The van der Waals surface area contributed by atoms with Gasteiger partial charge in [0.2, 0.25) is 10.0 Å². The normalized spacial score (nSPS) is 18.6. The van der Waals surface area contributed by atoms with Crippen LogP contribution in [0.15, 0.2) is 29.2 Å². The van der Waals surface area contributed by atoms with Crippen LogP contribution in [0.4, 0.5) is 0 Å². The van der Waals surface area contributed by atoms with Crippen LogP contribution in [-0.4, -0.2) is 48.8 Å². The summed E-state index contributed by atoms with van der Waals surface area (Å²) in [6, 6.07) is 6.93. The lowest BCUT2D eigenvalue weighted by Gasteiger charge is -2.31. The van der Waals surface area contributed by atoms with Gasteiger partial charge in [0.15, 0.2) is 11.5 Å². The number of hydrogen-bond donors (Lipinski definition) is 0. The van der Waals surface area contributed by atoms with E-state index in [4.69, 9.17) is 9.47 Å². The van der Waals surface area contributed by atoms with Gasteiger partial charge in [0.25, 0.3) is 0 Å². The highest BCUT2D eigenvalue weighted by Gasteiger charge is 2.30. The van der Waals surface area contributed by atoms with Crippen molar-refractivity contribution in [2.24, 2.45) is 5.92 Å². The van der Waals surface area contributed by atoms with Gasteiger partial charge >= 0.3 is 0 Å². The summed E-state index contributed by atoms with van der Waals surface area (Å²) in [5, 5.41) is 4.52. The molecular weight excluding hydrogens is 366 g/mol.